The molecule has 0 amide bonds. The first-order chi connectivity index (χ1) is 10.0. The Labute approximate surface area is 130 Å². The van der Waals surface area contributed by atoms with Gasteiger partial charge in [-0.1, -0.05) is 51.1 Å². The van der Waals surface area contributed by atoms with Crippen LogP contribution in [0.1, 0.15) is 58.6 Å². The van der Waals surface area contributed by atoms with Gasteiger partial charge in [-0.25, -0.2) is 0 Å². The van der Waals surface area contributed by atoms with Crippen LogP contribution in [0.4, 0.5) is 0 Å². The van der Waals surface area contributed by atoms with Gasteiger partial charge in [0.05, 0.1) is 0 Å². The molecule has 1 aromatic rings. The van der Waals surface area contributed by atoms with Crippen LogP contribution in [0.15, 0.2) is 30.3 Å². The molecule has 0 aliphatic carbocycles. The first kappa shape index (κ1) is 16.5. The standard InChI is InChI=1S/C19H32N2/c1-5-13-20-18(17-9-7-6-8-10-17)16(2)21-14-11-19(3,4)12-15-21/h6-10,16,18,20H,5,11-15H2,1-4H3. The van der Waals surface area contributed by atoms with Crippen molar-refractivity contribution >= 4 is 0 Å². The van der Waals surface area contributed by atoms with Crippen LogP contribution >= 0.6 is 0 Å². The minimum absolute atomic E-state index is 0.437. The molecular formula is C19H32N2. The first-order valence-electron chi connectivity index (χ1n) is 8.56. The Hall–Kier alpha value is -0.860. The number of hydrogen-bond donors (Lipinski definition) is 1. The van der Waals surface area contributed by atoms with Crippen molar-refractivity contribution in [3.05, 3.63) is 35.9 Å². The van der Waals surface area contributed by atoms with Crippen LogP contribution in [-0.4, -0.2) is 30.6 Å². The molecule has 2 unspecified atom stereocenters. The molecule has 0 spiro atoms. The molecule has 0 bridgehead atoms. The maximum absolute atomic E-state index is 3.76. The van der Waals surface area contributed by atoms with E-state index in [4.69, 9.17) is 0 Å². The van der Waals surface area contributed by atoms with E-state index >= 15 is 0 Å². The number of hydrogen-bond acceptors (Lipinski definition) is 2. The van der Waals surface area contributed by atoms with E-state index in [1.165, 1.54) is 37.9 Å². The molecule has 2 atom stereocenters. The summed E-state index contributed by atoms with van der Waals surface area (Å²) in [5.74, 6) is 0. The maximum atomic E-state index is 3.76. The van der Waals surface area contributed by atoms with Gasteiger partial charge in [0, 0.05) is 12.1 Å². The highest BCUT2D eigenvalue weighted by Gasteiger charge is 2.31. The average Bonchev–Trinajstić information content (AvgIpc) is 2.48. The van der Waals surface area contributed by atoms with E-state index in [1.807, 2.05) is 0 Å². The molecule has 1 heterocycles. The third-order valence-corrected chi connectivity index (χ3v) is 4.98. The van der Waals surface area contributed by atoms with Crippen molar-refractivity contribution in [3.63, 3.8) is 0 Å². The third kappa shape index (κ3) is 4.55. The molecule has 2 nitrogen and oxygen atoms in total. The van der Waals surface area contributed by atoms with Gasteiger partial charge in [0.1, 0.15) is 0 Å². The SMILES string of the molecule is CCCNC(c1ccccc1)C(C)N1CCC(C)(C)CC1. The number of nitrogens with one attached hydrogen (secondary N) is 1. The molecule has 0 saturated carbocycles. The Morgan fingerprint density at radius 2 is 1.76 bits per heavy atom. The van der Waals surface area contributed by atoms with Crippen molar-refractivity contribution in [1.29, 1.82) is 0 Å². The van der Waals surface area contributed by atoms with Crippen LogP contribution in [0.3, 0.4) is 0 Å². The fourth-order valence-electron chi connectivity index (χ4n) is 3.27. The largest absolute Gasteiger partial charge is 0.309 e. The van der Waals surface area contributed by atoms with Crippen LogP contribution < -0.4 is 5.32 Å². The van der Waals surface area contributed by atoms with Gasteiger partial charge < -0.3 is 5.32 Å². The van der Waals surface area contributed by atoms with E-state index in [1.54, 1.807) is 0 Å². The summed E-state index contributed by atoms with van der Waals surface area (Å²) in [6.45, 7) is 13.0. The highest BCUT2D eigenvalue weighted by atomic mass is 15.2. The molecule has 21 heavy (non-hydrogen) atoms. The van der Waals surface area contributed by atoms with E-state index in [9.17, 15) is 0 Å². The first-order valence-corrected chi connectivity index (χ1v) is 8.56. The van der Waals surface area contributed by atoms with Crippen LogP contribution in [-0.2, 0) is 0 Å². The average molecular weight is 288 g/mol. The minimum Gasteiger partial charge on any atom is -0.309 e. The lowest BCUT2D eigenvalue weighted by atomic mass is 9.82. The van der Waals surface area contributed by atoms with E-state index in [2.05, 4.69) is 68.2 Å². The normalized spacial score (nSPS) is 21.9. The predicted octanol–water partition coefficient (Wildman–Crippen LogP) is 4.24. The summed E-state index contributed by atoms with van der Waals surface area (Å²) in [5, 5.41) is 3.76. The Balaban J connectivity index is 2.06. The van der Waals surface area contributed by atoms with E-state index in [-0.39, 0.29) is 0 Å². The third-order valence-electron chi connectivity index (χ3n) is 4.98. The summed E-state index contributed by atoms with van der Waals surface area (Å²) >= 11 is 0. The summed E-state index contributed by atoms with van der Waals surface area (Å²) in [6, 6.07) is 11.9. The van der Waals surface area contributed by atoms with Crippen LogP contribution in [0.25, 0.3) is 0 Å². The van der Waals surface area contributed by atoms with Crippen molar-refractivity contribution in [2.24, 2.45) is 5.41 Å². The lowest BCUT2D eigenvalue weighted by Gasteiger charge is -2.42. The van der Waals surface area contributed by atoms with Crippen molar-refractivity contribution in [1.82, 2.24) is 10.2 Å². The number of benzene rings is 1. The van der Waals surface area contributed by atoms with Gasteiger partial charge in [-0.05, 0) is 56.8 Å². The molecule has 1 aromatic carbocycles. The summed E-state index contributed by atoms with van der Waals surface area (Å²) in [6.07, 6.45) is 3.81. The molecule has 1 aliphatic rings. The molecule has 0 radical (unpaired) electrons. The summed E-state index contributed by atoms with van der Waals surface area (Å²) in [4.78, 5) is 2.67. The topological polar surface area (TPSA) is 15.3 Å². The van der Waals surface area contributed by atoms with Crippen molar-refractivity contribution in [2.75, 3.05) is 19.6 Å². The predicted molar refractivity (Wildman–Crippen MR) is 91.5 cm³/mol. The molecular weight excluding hydrogens is 256 g/mol. The van der Waals surface area contributed by atoms with E-state index < -0.39 is 0 Å². The monoisotopic (exact) mass is 288 g/mol. The molecule has 1 N–H and O–H groups in total. The lowest BCUT2D eigenvalue weighted by Crippen LogP contribution is -2.48. The summed E-state index contributed by atoms with van der Waals surface area (Å²) in [7, 11) is 0. The van der Waals surface area contributed by atoms with Crippen molar-refractivity contribution in [3.8, 4) is 0 Å². The quantitative estimate of drug-likeness (QED) is 0.842. The number of piperidine rings is 1. The van der Waals surface area contributed by atoms with Crippen LogP contribution in [0, 0.1) is 5.41 Å². The van der Waals surface area contributed by atoms with Gasteiger partial charge in [-0.3, -0.25) is 4.90 Å². The van der Waals surface area contributed by atoms with E-state index in [0.717, 1.165) is 6.54 Å². The molecule has 1 fully saturated rings. The molecule has 118 valence electrons. The zero-order valence-electron chi connectivity index (χ0n) is 14.2. The summed E-state index contributed by atoms with van der Waals surface area (Å²) in [5.41, 5.74) is 1.94. The zero-order chi connectivity index (χ0) is 15.3. The van der Waals surface area contributed by atoms with Gasteiger partial charge >= 0.3 is 0 Å². The van der Waals surface area contributed by atoms with Gasteiger partial charge in [0.2, 0.25) is 0 Å². The second-order valence-electron chi connectivity index (χ2n) is 7.28. The smallest absolute Gasteiger partial charge is 0.0475 e. The molecule has 1 saturated heterocycles. The molecule has 0 aromatic heterocycles. The minimum atomic E-state index is 0.437. The van der Waals surface area contributed by atoms with Crippen molar-refractivity contribution in [2.45, 2.75) is 59.0 Å². The van der Waals surface area contributed by atoms with Crippen LogP contribution in [0.2, 0.25) is 0 Å². The second-order valence-corrected chi connectivity index (χ2v) is 7.28. The number of likely N-dealkylation sites (tertiary alicyclic amines) is 1. The number of nitrogens with zero attached hydrogens (tertiary/aromatic N) is 1. The fourth-order valence-corrected chi connectivity index (χ4v) is 3.27. The van der Waals surface area contributed by atoms with E-state index in [0.29, 0.717) is 17.5 Å². The zero-order valence-corrected chi connectivity index (χ0v) is 14.2. The van der Waals surface area contributed by atoms with Gasteiger partial charge in [-0.15, -0.1) is 0 Å². The maximum Gasteiger partial charge on any atom is 0.0475 e. The second kappa shape index (κ2) is 7.42. The molecule has 2 rings (SSSR count). The van der Waals surface area contributed by atoms with Gasteiger partial charge in [0.25, 0.3) is 0 Å². The highest BCUT2D eigenvalue weighted by molar-refractivity contribution is 5.20. The lowest BCUT2D eigenvalue weighted by molar-refractivity contribution is 0.0830. The molecule has 1 aliphatic heterocycles. The van der Waals surface area contributed by atoms with Gasteiger partial charge in [0.15, 0.2) is 0 Å². The Bertz CT molecular complexity index is 403. The molecule has 2 heteroatoms. The Morgan fingerprint density at radius 3 is 2.33 bits per heavy atom. The highest BCUT2D eigenvalue weighted by Crippen LogP contribution is 2.32. The number of rotatable bonds is 6. The summed E-state index contributed by atoms with van der Waals surface area (Å²) < 4.78 is 0. The Kier molecular flexibility index (Phi) is 5.83. The van der Waals surface area contributed by atoms with Crippen LogP contribution in [0.5, 0.6) is 0 Å². The van der Waals surface area contributed by atoms with Crippen molar-refractivity contribution < 1.29 is 0 Å². The fraction of sp³-hybridized carbons (Fsp3) is 0.684. The van der Waals surface area contributed by atoms with Gasteiger partial charge in [-0.2, -0.15) is 0 Å². The Morgan fingerprint density at radius 1 is 1.14 bits per heavy atom.